The summed E-state index contributed by atoms with van der Waals surface area (Å²) in [4.78, 5) is 23.5. The Morgan fingerprint density at radius 1 is 1.38 bits per heavy atom. The van der Waals surface area contributed by atoms with Crippen LogP contribution in [0.3, 0.4) is 0 Å². The maximum absolute atomic E-state index is 11.8. The van der Waals surface area contributed by atoms with Crippen LogP contribution >= 0.6 is 11.3 Å². The molecule has 0 fully saturated rings. The summed E-state index contributed by atoms with van der Waals surface area (Å²) < 4.78 is 1.08. The van der Waals surface area contributed by atoms with E-state index in [-0.39, 0.29) is 5.56 Å². The molecular weight excluding hydrogens is 284 g/mol. The van der Waals surface area contributed by atoms with E-state index in [1.165, 1.54) is 6.07 Å². The molecule has 3 heterocycles. The van der Waals surface area contributed by atoms with E-state index in [4.69, 9.17) is 0 Å². The Morgan fingerprint density at radius 2 is 2.24 bits per heavy atom. The molecule has 0 spiro atoms. The van der Waals surface area contributed by atoms with Gasteiger partial charge in [-0.2, -0.15) is 0 Å². The second kappa shape index (κ2) is 5.75. The van der Waals surface area contributed by atoms with Gasteiger partial charge < -0.3 is 10.3 Å². The molecule has 5 nitrogen and oxygen atoms in total. The van der Waals surface area contributed by atoms with Gasteiger partial charge in [0.1, 0.15) is 5.82 Å². The normalized spacial score (nSPS) is 11.4. The molecular formula is C15H16N4OS. The second-order valence-corrected chi connectivity index (χ2v) is 6.10. The summed E-state index contributed by atoms with van der Waals surface area (Å²) in [6.45, 7) is 4.69. The van der Waals surface area contributed by atoms with Gasteiger partial charge in [-0.1, -0.05) is 13.8 Å². The van der Waals surface area contributed by atoms with Crippen molar-refractivity contribution in [1.29, 1.82) is 0 Å². The van der Waals surface area contributed by atoms with E-state index in [2.05, 4.69) is 34.1 Å². The topological polar surface area (TPSA) is 70.7 Å². The summed E-state index contributed by atoms with van der Waals surface area (Å²) in [5, 5.41) is 5.26. The Kier molecular flexibility index (Phi) is 3.81. The molecule has 108 valence electrons. The van der Waals surface area contributed by atoms with Crippen molar-refractivity contribution in [3.05, 3.63) is 45.8 Å². The smallest absolute Gasteiger partial charge is 0.251 e. The zero-order chi connectivity index (χ0) is 14.8. The van der Waals surface area contributed by atoms with Crippen molar-refractivity contribution in [1.82, 2.24) is 20.3 Å². The van der Waals surface area contributed by atoms with Gasteiger partial charge in [-0.05, 0) is 17.5 Å². The van der Waals surface area contributed by atoms with Crippen LogP contribution in [0, 0.1) is 0 Å². The van der Waals surface area contributed by atoms with Crippen LogP contribution < -0.4 is 10.9 Å². The van der Waals surface area contributed by atoms with Crippen LogP contribution in [0.15, 0.2) is 34.6 Å². The number of rotatable bonds is 4. The zero-order valence-electron chi connectivity index (χ0n) is 11.9. The van der Waals surface area contributed by atoms with E-state index >= 15 is 0 Å². The van der Waals surface area contributed by atoms with Crippen LogP contribution in [0.25, 0.3) is 21.6 Å². The van der Waals surface area contributed by atoms with Gasteiger partial charge in [-0.25, -0.2) is 4.98 Å². The number of hydrogen-bond donors (Lipinski definition) is 2. The van der Waals surface area contributed by atoms with Gasteiger partial charge in [0.25, 0.3) is 5.56 Å². The summed E-state index contributed by atoms with van der Waals surface area (Å²) >= 11 is 1.62. The SMILES string of the molecule is CC(C)NCc1cc(=O)[nH]c(-c2cnc3ccsc3c2)n1. The van der Waals surface area contributed by atoms with Gasteiger partial charge >= 0.3 is 0 Å². The molecule has 21 heavy (non-hydrogen) atoms. The average Bonchev–Trinajstić information content (AvgIpc) is 2.92. The molecule has 0 aliphatic heterocycles. The summed E-state index contributed by atoms with van der Waals surface area (Å²) in [6, 6.07) is 5.85. The first-order chi connectivity index (χ1) is 10.1. The Bertz CT molecular complexity index is 822. The van der Waals surface area contributed by atoms with Crippen LogP contribution in [0.5, 0.6) is 0 Å². The first-order valence-corrected chi connectivity index (χ1v) is 7.67. The van der Waals surface area contributed by atoms with Crippen LogP contribution in [0.1, 0.15) is 19.5 Å². The van der Waals surface area contributed by atoms with Crippen molar-refractivity contribution in [3.63, 3.8) is 0 Å². The molecule has 2 N–H and O–H groups in total. The molecule has 0 saturated carbocycles. The van der Waals surface area contributed by atoms with Crippen molar-refractivity contribution >= 4 is 21.6 Å². The predicted octanol–water partition coefficient (Wildman–Crippen LogP) is 2.54. The van der Waals surface area contributed by atoms with Crippen molar-refractivity contribution in [2.24, 2.45) is 0 Å². The van der Waals surface area contributed by atoms with E-state index in [9.17, 15) is 4.79 Å². The van der Waals surface area contributed by atoms with E-state index in [0.717, 1.165) is 21.5 Å². The molecule has 0 aromatic carbocycles. The Morgan fingerprint density at radius 3 is 3.05 bits per heavy atom. The number of fused-ring (bicyclic) bond motifs is 1. The Labute approximate surface area is 126 Å². The summed E-state index contributed by atoms with van der Waals surface area (Å²) in [5.74, 6) is 0.561. The fourth-order valence-electron chi connectivity index (χ4n) is 2.02. The van der Waals surface area contributed by atoms with Gasteiger partial charge in [0, 0.05) is 30.4 Å². The largest absolute Gasteiger partial charge is 0.309 e. The van der Waals surface area contributed by atoms with Crippen LogP contribution in [-0.4, -0.2) is 21.0 Å². The molecule has 6 heteroatoms. The maximum Gasteiger partial charge on any atom is 0.251 e. The lowest BCUT2D eigenvalue weighted by Gasteiger charge is -2.08. The zero-order valence-corrected chi connectivity index (χ0v) is 12.7. The molecule has 0 radical (unpaired) electrons. The highest BCUT2D eigenvalue weighted by atomic mass is 32.1. The maximum atomic E-state index is 11.8. The van der Waals surface area contributed by atoms with Gasteiger partial charge in [-0.3, -0.25) is 9.78 Å². The minimum atomic E-state index is -0.146. The summed E-state index contributed by atoms with van der Waals surface area (Å²) in [6.07, 6.45) is 1.74. The van der Waals surface area contributed by atoms with Crippen LogP contribution in [-0.2, 0) is 6.54 Å². The lowest BCUT2D eigenvalue weighted by molar-refractivity contribution is 0.580. The van der Waals surface area contributed by atoms with Crippen molar-refractivity contribution < 1.29 is 0 Å². The molecule has 3 aromatic heterocycles. The van der Waals surface area contributed by atoms with Crippen molar-refractivity contribution in [3.8, 4) is 11.4 Å². The second-order valence-electron chi connectivity index (χ2n) is 5.15. The fraction of sp³-hybridized carbons (Fsp3) is 0.267. The molecule has 3 aromatic rings. The van der Waals surface area contributed by atoms with Crippen LogP contribution in [0.2, 0.25) is 0 Å². The highest BCUT2D eigenvalue weighted by Gasteiger charge is 2.07. The molecule has 0 unspecified atom stereocenters. The number of nitrogens with one attached hydrogen (secondary N) is 2. The molecule has 0 bridgehead atoms. The summed E-state index contributed by atoms with van der Waals surface area (Å²) in [5.41, 5.74) is 2.37. The first-order valence-electron chi connectivity index (χ1n) is 6.79. The fourth-order valence-corrected chi connectivity index (χ4v) is 2.80. The van der Waals surface area contributed by atoms with E-state index in [0.29, 0.717) is 18.4 Å². The minimum Gasteiger partial charge on any atom is -0.309 e. The highest BCUT2D eigenvalue weighted by Crippen LogP contribution is 2.23. The molecule has 0 saturated heterocycles. The van der Waals surface area contributed by atoms with E-state index in [1.54, 1.807) is 17.5 Å². The number of aromatic amines is 1. The first kappa shape index (κ1) is 13.9. The van der Waals surface area contributed by atoms with Gasteiger partial charge in [0.15, 0.2) is 0 Å². The van der Waals surface area contributed by atoms with E-state index in [1.807, 2.05) is 17.5 Å². The van der Waals surface area contributed by atoms with Crippen LogP contribution in [0.4, 0.5) is 0 Å². The van der Waals surface area contributed by atoms with Crippen molar-refractivity contribution in [2.45, 2.75) is 26.4 Å². The van der Waals surface area contributed by atoms with Gasteiger partial charge in [0.05, 0.1) is 15.9 Å². The third-order valence-corrected chi connectivity index (χ3v) is 3.92. The number of pyridine rings is 1. The molecule has 0 aliphatic carbocycles. The quantitative estimate of drug-likeness (QED) is 0.777. The molecule has 0 amide bonds. The van der Waals surface area contributed by atoms with E-state index < -0.39 is 0 Å². The standard InChI is InChI=1S/C15H16N4OS/c1-9(2)16-8-11-6-14(20)19-15(18-11)10-5-13-12(17-7-10)3-4-21-13/h3-7,9,16H,8H2,1-2H3,(H,18,19,20). The highest BCUT2D eigenvalue weighted by molar-refractivity contribution is 7.17. The van der Waals surface area contributed by atoms with Crippen molar-refractivity contribution in [2.75, 3.05) is 0 Å². The minimum absolute atomic E-state index is 0.146. The predicted molar refractivity (Wildman–Crippen MR) is 85.4 cm³/mol. The van der Waals surface area contributed by atoms with Gasteiger partial charge in [-0.15, -0.1) is 11.3 Å². The summed E-state index contributed by atoms with van der Waals surface area (Å²) in [7, 11) is 0. The number of hydrogen-bond acceptors (Lipinski definition) is 5. The molecule has 3 rings (SSSR count). The third kappa shape index (κ3) is 3.17. The van der Waals surface area contributed by atoms with Gasteiger partial charge in [0.2, 0.25) is 0 Å². The average molecular weight is 300 g/mol. The number of aromatic nitrogens is 3. The lowest BCUT2D eigenvalue weighted by Crippen LogP contribution is -2.24. The third-order valence-electron chi connectivity index (χ3n) is 3.06. The molecule has 0 atom stereocenters. The molecule has 0 aliphatic rings. The number of H-pyrrole nitrogens is 1. The monoisotopic (exact) mass is 300 g/mol. The Balaban J connectivity index is 1.98. The number of thiophene rings is 1. The lowest BCUT2D eigenvalue weighted by atomic mass is 10.2. The number of nitrogens with zero attached hydrogens (tertiary/aromatic N) is 2. The Hall–Kier alpha value is -2.05.